The van der Waals surface area contributed by atoms with Gasteiger partial charge in [0.15, 0.2) is 5.13 Å². The molecule has 3 heterocycles. The molecule has 0 bridgehead atoms. The molecule has 1 aliphatic carbocycles. The Hall–Kier alpha value is -3.65. The minimum Gasteiger partial charge on any atom is -0.464 e. The van der Waals surface area contributed by atoms with Crippen LogP contribution in [-0.4, -0.2) is 40.3 Å². The van der Waals surface area contributed by atoms with E-state index in [1.807, 2.05) is 46.7 Å². The topological polar surface area (TPSA) is 101 Å². The summed E-state index contributed by atoms with van der Waals surface area (Å²) in [5.74, 6) is 0.335. The summed E-state index contributed by atoms with van der Waals surface area (Å²) in [7, 11) is 0. The van der Waals surface area contributed by atoms with E-state index in [-0.39, 0.29) is 23.9 Å². The first-order valence-electron chi connectivity index (χ1n) is 11.0. The second kappa shape index (κ2) is 7.74. The molecule has 33 heavy (non-hydrogen) atoms. The van der Waals surface area contributed by atoms with Gasteiger partial charge in [-0.25, -0.2) is 4.98 Å². The van der Waals surface area contributed by atoms with Crippen LogP contribution in [0.5, 0.6) is 0 Å². The third kappa shape index (κ3) is 3.47. The number of carbonyl (C=O) groups is 2. The molecule has 2 aromatic heterocycles. The molecule has 3 N–H and O–H groups in total. The predicted octanol–water partition coefficient (Wildman–Crippen LogP) is 4.17. The van der Waals surface area contributed by atoms with Crippen LogP contribution in [-0.2, 0) is 0 Å². The lowest BCUT2D eigenvalue weighted by Crippen LogP contribution is -2.45. The van der Waals surface area contributed by atoms with Gasteiger partial charge in [-0.1, -0.05) is 24.3 Å². The zero-order valence-electron chi connectivity index (χ0n) is 17.7. The number of rotatable bonds is 5. The number of hydrogen-bond donors (Lipinski definition) is 2. The molecule has 4 aromatic rings. The Labute approximate surface area is 194 Å². The summed E-state index contributed by atoms with van der Waals surface area (Å²) < 4.78 is 5.41. The molecule has 2 unspecified atom stereocenters. The van der Waals surface area contributed by atoms with Crippen molar-refractivity contribution >= 4 is 39.3 Å². The Kier molecular flexibility index (Phi) is 4.69. The van der Waals surface area contributed by atoms with Crippen molar-refractivity contribution in [3.8, 4) is 11.3 Å². The van der Waals surface area contributed by atoms with Crippen LogP contribution in [0.1, 0.15) is 33.6 Å². The van der Waals surface area contributed by atoms with Crippen molar-refractivity contribution in [2.45, 2.75) is 24.9 Å². The van der Waals surface area contributed by atoms with E-state index in [9.17, 15) is 9.59 Å². The fourth-order valence-corrected chi connectivity index (χ4v) is 5.56. The summed E-state index contributed by atoms with van der Waals surface area (Å²) in [6.45, 7) is 0.414. The highest BCUT2D eigenvalue weighted by atomic mass is 32.1. The summed E-state index contributed by atoms with van der Waals surface area (Å²) in [5, 5.41) is 6.18. The monoisotopic (exact) mass is 458 g/mol. The van der Waals surface area contributed by atoms with Crippen LogP contribution in [0.25, 0.3) is 22.2 Å². The van der Waals surface area contributed by atoms with E-state index in [1.54, 1.807) is 18.4 Å². The number of likely N-dealkylation sites (tertiary alicyclic amines) is 1. The number of anilines is 1. The molecule has 3 atom stereocenters. The van der Waals surface area contributed by atoms with E-state index in [2.05, 4.69) is 10.3 Å². The van der Waals surface area contributed by atoms with E-state index in [4.69, 9.17) is 10.2 Å². The Morgan fingerprint density at radius 3 is 2.82 bits per heavy atom. The first-order valence-corrected chi connectivity index (χ1v) is 11.9. The maximum Gasteiger partial charge on any atom is 0.255 e. The van der Waals surface area contributed by atoms with Crippen LogP contribution in [0.2, 0.25) is 0 Å². The second-order valence-electron chi connectivity index (χ2n) is 8.63. The molecular weight excluding hydrogens is 436 g/mol. The van der Waals surface area contributed by atoms with Crippen LogP contribution in [0.3, 0.4) is 0 Å². The van der Waals surface area contributed by atoms with Crippen LogP contribution in [0, 0.1) is 5.92 Å². The maximum absolute atomic E-state index is 13.7. The van der Waals surface area contributed by atoms with Gasteiger partial charge in [0.2, 0.25) is 0 Å². The van der Waals surface area contributed by atoms with Gasteiger partial charge in [-0.05, 0) is 43.0 Å². The van der Waals surface area contributed by atoms with Gasteiger partial charge >= 0.3 is 0 Å². The van der Waals surface area contributed by atoms with Gasteiger partial charge < -0.3 is 20.4 Å². The molecule has 8 heteroatoms. The molecular formula is C25H22N4O3S. The average Bonchev–Trinajstić information content (AvgIpc) is 3.19. The molecule has 6 rings (SSSR count). The zero-order chi connectivity index (χ0) is 22.5. The van der Waals surface area contributed by atoms with Crippen LogP contribution in [0.15, 0.2) is 64.6 Å². The van der Waals surface area contributed by atoms with Gasteiger partial charge in [0.1, 0.15) is 5.58 Å². The summed E-state index contributed by atoms with van der Waals surface area (Å²) in [4.78, 5) is 33.0. The third-order valence-corrected chi connectivity index (χ3v) is 7.31. The summed E-state index contributed by atoms with van der Waals surface area (Å²) in [6, 6.07) is 15.0. The number of hydrogen-bond acceptors (Lipinski definition) is 6. The van der Waals surface area contributed by atoms with E-state index in [0.29, 0.717) is 40.0 Å². The van der Waals surface area contributed by atoms with Crippen molar-refractivity contribution in [3.63, 3.8) is 0 Å². The lowest BCUT2D eigenvalue weighted by atomic mass is 10.0. The van der Waals surface area contributed by atoms with E-state index >= 15 is 0 Å². The maximum atomic E-state index is 13.7. The van der Waals surface area contributed by atoms with Gasteiger partial charge in [0.25, 0.3) is 11.8 Å². The van der Waals surface area contributed by atoms with Crippen molar-refractivity contribution in [2.24, 2.45) is 5.92 Å². The first kappa shape index (κ1) is 20.0. The largest absolute Gasteiger partial charge is 0.464 e. The summed E-state index contributed by atoms with van der Waals surface area (Å²) in [5.41, 5.74) is 9.20. The molecule has 2 amide bonds. The minimum atomic E-state index is -0.159. The molecule has 166 valence electrons. The van der Waals surface area contributed by atoms with E-state index < -0.39 is 0 Å². The number of nitrogens with zero attached hydrogens (tertiary/aromatic N) is 2. The van der Waals surface area contributed by atoms with Crippen LogP contribution in [0.4, 0.5) is 5.13 Å². The Bertz CT molecular complexity index is 1380. The van der Waals surface area contributed by atoms with E-state index in [1.165, 1.54) is 11.3 Å². The summed E-state index contributed by atoms with van der Waals surface area (Å²) in [6.07, 6.45) is 3.51. The first-order chi connectivity index (χ1) is 16.1. The Balaban J connectivity index is 1.23. The van der Waals surface area contributed by atoms with Gasteiger partial charge in [-0.3, -0.25) is 9.59 Å². The number of nitrogens with two attached hydrogens (primary N) is 1. The number of nitrogen functional groups attached to an aromatic ring is 1. The van der Waals surface area contributed by atoms with Crippen molar-refractivity contribution in [1.29, 1.82) is 0 Å². The predicted molar refractivity (Wildman–Crippen MR) is 127 cm³/mol. The molecule has 0 spiro atoms. The fraction of sp³-hybridized carbons (Fsp3) is 0.240. The van der Waals surface area contributed by atoms with Gasteiger partial charge in [-0.2, -0.15) is 0 Å². The van der Waals surface area contributed by atoms with E-state index in [0.717, 1.165) is 23.8 Å². The standard InChI is InChI=1S/C25H22N4O3S/c26-25-28-20(13-33-25)16-4-1-2-5-19(16)24(31)29-15(10-14-11-21(14)29)12-27-23(30)18-6-3-7-22-17(18)8-9-32-22/h1-9,13-15,21H,10-12H2,(H2,26,28)(H,27,30)/t14?,15-,21?/m0/s1. The molecule has 7 nitrogen and oxygen atoms in total. The average molecular weight is 459 g/mol. The lowest BCUT2D eigenvalue weighted by molar-refractivity contribution is 0.0689. The SMILES string of the molecule is Nc1nc(-c2ccccc2C(=O)N2C3CC3C[C@H]2CNC(=O)c2cccc3occc23)cs1. The highest BCUT2D eigenvalue weighted by Gasteiger charge is 2.54. The van der Waals surface area contributed by atoms with Gasteiger partial charge in [0.05, 0.1) is 23.6 Å². The molecule has 2 fully saturated rings. The molecule has 1 saturated carbocycles. The van der Waals surface area contributed by atoms with Crippen LogP contribution >= 0.6 is 11.3 Å². The number of nitrogens with one attached hydrogen (secondary N) is 1. The molecule has 2 aliphatic rings. The van der Waals surface area contributed by atoms with Gasteiger partial charge in [-0.15, -0.1) is 11.3 Å². The molecule has 2 aromatic carbocycles. The van der Waals surface area contributed by atoms with Crippen molar-refractivity contribution in [3.05, 3.63) is 71.3 Å². The van der Waals surface area contributed by atoms with Crippen molar-refractivity contribution < 1.29 is 14.0 Å². The quantitative estimate of drug-likeness (QED) is 0.467. The Morgan fingerprint density at radius 2 is 1.97 bits per heavy atom. The highest BCUT2D eigenvalue weighted by Crippen LogP contribution is 2.48. The number of fused-ring (bicyclic) bond motifs is 2. The number of benzene rings is 2. The number of piperidine rings is 1. The Morgan fingerprint density at radius 1 is 1.12 bits per heavy atom. The van der Waals surface area contributed by atoms with Crippen molar-refractivity contribution in [1.82, 2.24) is 15.2 Å². The normalized spacial score (nSPS) is 21.2. The minimum absolute atomic E-state index is 0.0154. The lowest BCUT2D eigenvalue weighted by Gasteiger charge is -2.28. The molecule has 1 aliphatic heterocycles. The number of thiazole rings is 1. The zero-order valence-corrected chi connectivity index (χ0v) is 18.5. The highest BCUT2D eigenvalue weighted by molar-refractivity contribution is 7.13. The second-order valence-corrected chi connectivity index (χ2v) is 9.52. The van der Waals surface area contributed by atoms with Gasteiger partial charge in [0, 0.05) is 34.5 Å². The third-order valence-electron chi connectivity index (χ3n) is 6.64. The number of carbonyl (C=O) groups excluding carboxylic acids is 2. The van der Waals surface area contributed by atoms with Crippen molar-refractivity contribution in [2.75, 3.05) is 12.3 Å². The molecule has 0 radical (unpaired) electrons. The number of aromatic nitrogens is 1. The number of furan rings is 1. The smallest absolute Gasteiger partial charge is 0.255 e. The molecule has 1 saturated heterocycles. The number of amides is 2. The summed E-state index contributed by atoms with van der Waals surface area (Å²) >= 11 is 1.36. The van der Waals surface area contributed by atoms with Crippen LogP contribution < -0.4 is 11.1 Å². The fourth-order valence-electron chi connectivity index (χ4n) is 5.00.